The molecule has 4 amide bonds. The Kier molecular flexibility index (Phi) is 23.5. The second kappa shape index (κ2) is 26.5. The third kappa shape index (κ3) is 15.9. The van der Waals surface area contributed by atoms with E-state index in [1.807, 2.05) is 56.9 Å². The maximum atomic E-state index is 12.7. The molecule has 332 valence electrons. The Labute approximate surface area is 399 Å². The Balaban J connectivity index is 0.000000362. The molecule has 4 aromatic rings. The summed E-state index contributed by atoms with van der Waals surface area (Å²) in [6, 6.07) is 7.00. The van der Waals surface area contributed by atoms with Crippen molar-refractivity contribution in [3.63, 3.8) is 0 Å². The van der Waals surface area contributed by atoms with E-state index in [2.05, 4.69) is 78.2 Å². The van der Waals surface area contributed by atoms with Crippen molar-refractivity contribution in [1.82, 2.24) is 40.2 Å². The summed E-state index contributed by atoms with van der Waals surface area (Å²) in [6.07, 6.45) is 12.8. The molecule has 2 unspecified atom stereocenters. The summed E-state index contributed by atoms with van der Waals surface area (Å²) >= 11 is 31.7. The van der Waals surface area contributed by atoms with Gasteiger partial charge in [-0.15, -0.1) is 29.1 Å². The van der Waals surface area contributed by atoms with E-state index in [-0.39, 0.29) is 51.1 Å². The van der Waals surface area contributed by atoms with Gasteiger partial charge in [-0.1, -0.05) is 85.2 Å². The molecule has 2 aliphatic rings. The van der Waals surface area contributed by atoms with Crippen LogP contribution in [0.1, 0.15) is 93.7 Å². The lowest BCUT2D eigenvalue weighted by Gasteiger charge is -2.35. The van der Waals surface area contributed by atoms with Gasteiger partial charge in [0.15, 0.2) is 8.92 Å². The molecule has 2 aromatic carbocycles. The highest BCUT2D eigenvalue weighted by Crippen LogP contribution is 2.34. The number of hydrogen-bond donors (Lipinski definition) is 2. The minimum absolute atomic E-state index is 0. The van der Waals surface area contributed by atoms with Gasteiger partial charge in [0.1, 0.15) is 0 Å². The molecule has 0 spiro atoms. The number of halogens is 5. The van der Waals surface area contributed by atoms with Crippen LogP contribution in [0.3, 0.4) is 0 Å². The van der Waals surface area contributed by atoms with Gasteiger partial charge in [-0.25, -0.2) is 19.6 Å². The van der Waals surface area contributed by atoms with Gasteiger partial charge < -0.3 is 30.2 Å². The number of likely N-dealkylation sites (tertiary alicyclic amines) is 2. The summed E-state index contributed by atoms with van der Waals surface area (Å²) in [7, 11) is 7.90. The lowest BCUT2D eigenvalue weighted by molar-refractivity contribution is 0.145. The first-order chi connectivity index (χ1) is 28.1. The number of nitrogens with zero attached hydrogens (tertiary/aromatic N) is 6. The highest BCUT2D eigenvalue weighted by atomic mass is 79.9. The summed E-state index contributed by atoms with van der Waals surface area (Å²) in [5.41, 5.74) is 2.71. The number of hydrogen-bond acceptors (Lipinski definition) is 8. The summed E-state index contributed by atoms with van der Waals surface area (Å²) in [5, 5.41) is 12.1. The summed E-state index contributed by atoms with van der Waals surface area (Å²) in [4.78, 5) is 41.4. The molecular weight excluding hydrogens is 958 g/mol. The number of carbonyl (C=O) groups excluding carboxylic acids is 2. The predicted octanol–water partition coefficient (Wildman–Crippen LogP) is 11.6. The van der Waals surface area contributed by atoms with Gasteiger partial charge >= 0.3 is 12.1 Å². The molecule has 17 heteroatoms. The maximum absolute atomic E-state index is 12.7. The fraction of sp³-hybridized carbons (Fsp3) is 0.455. The van der Waals surface area contributed by atoms with E-state index in [9.17, 15) is 9.59 Å². The minimum atomic E-state index is -0.276. The highest BCUT2D eigenvalue weighted by molar-refractivity contribution is 9.11. The molecule has 0 aliphatic carbocycles. The Hall–Kier alpha value is -3.08. The fourth-order valence-corrected chi connectivity index (χ4v) is 8.83. The van der Waals surface area contributed by atoms with Crippen LogP contribution in [0.15, 0.2) is 51.3 Å². The molecule has 2 fully saturated rings. The zero-order valence-electron chi connectivity index (χ0n) is 33.9. The molecule has 6 rings (SSSR count). The average Bonchev–Trinajstić information content (AvgIpc) is 3.94. The number of carbonyl (C=O) groups is 2. The molecule has 61 heavy (non-hydrogen) atoms. The number of thiazole rings is 2. The van der Waals surface area contributed by atoms with Crippen molar-refractivity contribution in [2.24, 2.45) is 0 Å². The monoisotopic (exact) mass is 1010 g/mol. The van der Waals surface area contributed by atoms with Crippen LogP contribution in [-0.4, -0.2) is 108 Å². The number of terminal acetylenes is 1. The number of aromatic nitrogens is 2. The number of amides is 4. The predicted molar refractivity (Wildman–Crippen MR) is 263 cm³/mol. The van der Waals surface area contributed by atoms with Gasteiger partial charge in [0.25, 0.3) is 0 Å². The zero-order valence-corrected chi connectivity index (χ0v) is 40.1. The quantitative estimate of drug-likeness (QED) is 0.187. The first-order valence-corrected chi connectivity index (χ1v) is 23.0. The van der Waals surface area contributed by atoms with E-state index in [1.165, 1.54) is 11.3 Å². The number of nitrogens with one attached hydrogen (secondary N) is 2. The van der Waals surface area contributed by atoms with E-state index in [0.717, 1.165) is 71.9 Å². The van der Waals surface area contributed by atoms with Gasteiger partial charge in [-0.05, 0) is 125 Å². The fourth-order valence-electron chi connectivity index (χ4n) is 6.44. The normalized spacial score (nSPS) is 15.2. The molecule has 0 radical (unpaired) electrons. The first-order valence-electron chi connectivity index (χ1n) is 18.9. The number of rotatable bonds is 6. The standard InChI is InChI=1S/C21H24Cl2N4OS.C18H23Cl2N3O.C3H2BrNS.2CH4/c1-14(25-21(28)27(3)16-8-11-26(2)12-9-16)17-6-4-15(19(22)20(17)23)5-7-18-24-10-13-29-18;1-5-13-6-7-15(17(20)16(13)19)12(2)21-18(24)23(4)14-8-10-22(3)11-9-14;4-3-5-1-2-6-3;;/h4,6,10,13-14,16H,8-9,11-12H2,1-3H3,(H,25,28);1,6-7,12,14H,8-11H2,2-4H3,(H,21,24);1-2H;2*1H4. The van der Waals surface area contributed by atoms with Crippen molar-refractivity contribution < 1.29 is 9.59 Å². The van der Waals surface area contributed by atoms with Gasteiger partial charge in [-0.3, -0.25) is 0 Å². The van der Waals surface area contributed by atoms with Crippen molar-refractivity contribution >= 4 is 97.1 Å². The maximum Gasteiger partial charge on any atom is 0.317 e. The van der Waals surface area contributed by atoms with E-state index in [4.69, 9.17) is 52.8 Å². The van der Waals surface area contributed by atoms with E-state index >= 15 is 0 Å². The third-order valence-corrected chi connectivity index (χ3v) is 14.0. The van der Waals surface area contributed by atoms with Gasteiger partial charge in [0.05, 0.1) is 32.2 Å². The Morgan fingerprint density at radius 2 is 1.16 bits per heavy atom. The molecule has 2 aromatic heterocycles. The second-order valence-electron chi connectivity index (χ2n) is 14.3. The van der Waals surface area contributed by atoms with Crippen molar-refractivity contribution in [2.45, 2.75) is 78.6 Å². The van der Waals surface area contributed by atoms with Gasteiger partial charge in [0, 0.05) is 60.5 Å². The van der Waals surface area contributed by atoms with Crippen LogP contribution in [0.4, 0.5) is 9.59 Å². The Morgan fingerprint density at radius 1 is 0.738 bits per heavy atom. The van der Waals surface area contributed by atoms with Crippen LogP contribution in [0, 0.1) is 24.2 Å². The molecule has 0 bridgehead atoms. The number of urea groups is 2. The van der Waals surface area contributed by atoms with Gasteiger partial charge in [0.2, 0.25) is 0 Å². The lowest BCUT2D eigenvalue weighted by Crippen LogP contribution is -2.48. The zero-order chi connectivity index (χ0) is 43.2. The summed E-state index contributed by atoms with van der Waals surface area (Å²) < 4.78 is 0.947. The molecule has 4 heterocycles. The Bertz CT molecular complexity index is 2090. The van der Waals surface area contributed by atoms with Crippen LogP contribution in [0.25, 0.3) is 0 Å². The summed E-state index contributed by atoms with van der Waals surface area (Å²) in [6.45, 7) is 7.80. The third-order valence-electron chi connectivity index (χ3n) is 10.2. The molecule has 0 saturated carbocycles. The van der Waals surface area contributed by atoms with Crippen molar-refractivity contribution in [1.29, 1.82) is 0 Å². The van der Waals surface area contributed by atoms with Gasteiger partial charge in [-0.2, -0.15) is 0 Å². The minimum Gasteiger partial charge on any atom is -0.331 e. The summed E-state index contributed by atoms with van der Waals surface area (Å²) in [5.74, 6) is 8.48. The van der Waals surface area contributed by atoms with Crippen LogP contribution in [0.5, 0.6) is 0 Å². The first kappa shape index (κ1) is 54.1. The molecule has 2 N–H and O–H groups in total. The van der Waals surface area contributed by atoms with E-state index < -0.39 is 0 Å². The SMILES string of the molecule is Brc1nccs1.C.C.C#Cc1ccc(C(C)NC(=O)N(C)C2CCN(C)CC2)c(Cl)c1Cl.CC(NC(=O)N(C)C1CCN(C)CC1)c1ccc(C#Cc2nccs2)c(Cl)c1Cl. The number of benzene rings is 2. The smallest absolute Gasteiger partial charge is 0.317 e. The van der Waals surface area contributed by atoms with Crippen molar-refractivity contribution in [3.8, 4) is 24.2 Å². The van der Waals surface area contributed by atoms with Crippen molar-refractivity contribution in [2.75, 3.05) is 54.4 Å². The topological polar surface area (TPSA) is 96.9 Å². The van der Waals surface area contributed by atoms with Crippen LogP contribution >= 0.6 is 85.0 Å². The van der Waals surface area contributed by atoms with E-state index in [0.29, 0.717) is 31.2 Å². The highest BCUT2D eigenvalue weighted by Gasteiger charge is 2.27. The van der Waals surface area contributed by atoms with E-state index in [1.54, 1.807) is 39.6 Å². The van der Waals surface area contributed by atoms with Crippen LogP contribution in [0.2, 0.25) is 20.1 Å². The molecule has 2 atom stereocenters. The second-order valence-corrected chi connectivity index (χ2v) is 18.9. The molecule has 10 nitrogen and oxygen atoms in total. The Morgan fingerprint density at radius 3 is 1.54 bits per heavy atom. The molecule has 2 saturated heterocycles. The van der Waals surface area contributed by atoms with Crippen LogP contribution in [-0.2, 0) is 0 Å². The largest absolute Gasteiger partial charge is 0.331 e. The van der Waals surface area contributed by atoms with Crippen molar-refractivity contribution in [3.05, 3.63) is 98.7 Å². The number of piperidine rings is 2. The lowest BCUT2D eigenvalue weighted by atomic mass is 10.0. The van der Waals surface area contributed by atoms with Crippen LogP contribution < -0.4 is 10.6 Å². The average molecular weight is 1020 g/mol. The molecular formula is C44H57BrCl4N8O2S2. The molecule has 2 aliphatic heterocycles.